The highest BCUT2D eigenvalue weighted by molar-refractivity contribution is 9.10. The van der Waals surface area contributed by atoms with Crippen molar-refractivity contribution >= 4 is 21.4 Å². The Labute approximate surface area is 70.8 Å². The molecule has 0 unspecified atom stereocenters. The maximum Gasteiger partial charge on any atom is 0.182 e. The van der Waals surface area contributed by atoms with Gasteiger partial charge in [-0.3, -0.25) is 9.31 Å². The number of fused-ring (bicyclic) bond motifs is 1. The topological polar surface area (TPSA) is 37.3 Å². The van der Waals surface area contributed by atoms with E-state index in [2.05, 4.69) is 21.0 Å². The molecule has 2 heterocycles. The van der Waals surface area contributed by atoms with Crippen LogP contribution in [0.5, 0.6) is 0 Å². The molecule has 0 spiro atoms. The second kappa shape index (κ2) is 2.23. The Morgan fingerprint density at radius 1 is 1.55 bits per heavy atom. The van der Waals surface area contributed by atoms with Gasteiger partial charge >= 0.3 is 0 Å². The summed E-state index contributed by atoms with van der Waals surface area (Å²) in [6, 6.07) is 3.08. The van der Waals surface area contributed by atoms with E-state index in [0.29, 0.717) is 0 Å². The van der Waals surface area contributed by atoms with Gasteiger partial charge in [0, 0.05) is 24.5 Å². The van der Waals surface area contributed by atoms with E-state index in [1.165, 1.54) is 6.07 Å². The molecule has 0 amide bonds. The highest BCUT2D eigenvalue weighted by Gasteiger charge is 1.97. The monoisotopic (exact) mass is 212 g/mol. The number of rotatable bonds is 0. The molecule has 0 radical (unpaired) electrons. The second-order valence-corrected chi connectivity index (χ2v) is 3.09. The minimum absolute atomic E-state index is 0.0188. The molecule has 0 saturated heterocycles. The lowest BCUT2D eigenvalue weighted by molar-refractivity contribution is 0.958. The third-order valence-corrected chi connectivity index (χ3v) is 2.14. The fourth-order valence-electron chi connectivity index (χ4n) is 0.977. The van der Waals surface area contributed by atoms with Crippen LogP contribution in [0.2, 0.25) is 0 Å². The van der Waals surface area contributed by atoms with Crippen molar-refractivity contribution in [2.24, 2.45) is 0 Å². The normalized spacial score (nSPS) is 10.6. The van der Waals surface area contributed by atoms with Crippen molar-refractivity contribution < 1.29 is 0 Å². The number of aromatic nitrogens is 2. The summed E-state index contributed by atoms with van der Waals surface area (Å²) in [6.45, 7) is 0. The molecule has 0 saturated carbocycles. The van der Waals surface area contributed by atoms with Gasteiger partial charge in [0.15, 0.2) is 5.43 Å². The van der Waals surface area contributed by atoms with Crippen LogP contribution < -0.4 is 5.43 Å². The molecular formula is C7H5BrN2O. The second-order valence-electron chi connectivity index (χ2n) is 2.24. The molecule has 0 aliphatic rings. The van der Waals surface area contributed by atoms with Crippen LogP contribution >= 0.6 is 15.9 Å². The molecule has 0 atom stereocenters. The molecule has 56 valence electrons. The summed E-state index contributed by atoms with van der Waals surface area (Å²) in [5.74, 6) is 0. The number of H-pyrrole nitrogens is 1. The summed E-state index contributed by atoms with van der Waals surface area (Å²) in [4.78, 5) is 10.9. The fourth-order valence-corrected chi connectivity index (χ4v) is 1.39. The Kier molecular flexibility index (Phi) is 1.35. The van der Waals surface area contributed by atoms with Crippen LogP contribution in [-0.4, -0.2) is 9.61 Å². The first kappa shape index (κ1) is 6.67. The van der Waals surface area contributed by atoms with Gasteiger partial charge in [-0.25, -0.2) is 0 Å². The lowest BCUT2D eigenvalue weighted by Gasteiger charge is -1.89. The molecule has 0 aromatic carbocycles. The van der Waals surface area contributed by atoms with Crippen LogP contribution in [0.1, 0.15) is 0 Å². The molecule has 0 fully saturated rings. The highest BCUT2D eigenvalue weighted by Crippen LogP contribution is 2.14. The van der Waals surface area contributed by atoms with E-state index in [1.807, 2.05) is 0 Å². The summed E-state index contributed by atoms with van der Waals surface area (Å²) >= 11 is 3.31. The quantitative estimate of drug-likeness (QED) is 0.705. The van der Waals surface area contributed by atoms with Crippen molar-refractivity contribution in [2.45, 2.75) is 0 Å². The third-order valence-electron chi connectivity index (χ3n) is 1.50. The van der Waals surface area contributed by atoms with E-state index in [9.17, 15) is 4.79 Å². The SMILES string of the molecule is O=c1ccn2[nH]cc(Br)c2c1. The van der Waals surface area contributed by atoms with Crippen molar-refractivity contribution in [2.75, 3.05) is 0 Å². The lowest BCUT2D eigenvalue weighted by Crippen LogP contribution is -1.98. The largest absolute Gasteiger partial charge is 0.300 e. The number of nitrogens with one attached hydrogen (secondary N) is 1. The number of hydrogen-bond donors (Lipinski definition) is 1. The zero-order chi connectivity index (χ0) is 7.84. The number of halogens is 1. The van der Waals surface area contributed by atoms with Gasteiger partial charge in [0.05, 0.1) is 9.99 Å². The Balaban J connectivity index is 2.98. The van der Waals surface area contributed by atoms with E-state index in [-0.39, 0.29) is 5.43 Å². The highest BCUT2D eigenvalue weighted by atomic mass is 79.9. The van der Waals surface area contributed by atoms with Crippen LogP contribution in [0.4, 0.5) is 0 Å². The summed E-state index contributed by atoms with van der Waals surface area (Å²) in [5.41, 5.74) is 0.878. The minimum atomic E-state index is 0.0188. The molecule has 0 bridgehead atoms. The summed E-state index contributed by atoms with van der Waals surface area (Å²) in [7, 11) is 0. The average Bonchev–Trinajstić information content (AvgIpc) is 2.33. The Morgan fingerprint density at radius 2 is 2.36 bits per heavy atom. The molecule has 2 aromatic rings. The van der Waals surface area contributed by atoms with Crippen molar-refractivity contribution in [1.29, 1.82) is 0 Å². The van der Waals surface area contributed by atoms with E-state index < -0.39 is 0 Å². The minimum Gasteiger partial charge on any atom is -0.300 e. The Morgan fingerprint density at radius 3 is 3.18 bits per heavy atom. The molecule has 0 aliphatic carbocycles. The van der Waals surface area contributed by atoms with Crippen LogP contribution in [0.25, 0.3) is 5.52 Å². The van der Waals surface area contributed by atoms with Gasteiger partial charge in [-0.1, -0.05) is 0 Å². The van der Waals surface area contributed by atoms with Crippen LogP contribution in [0.3, 0.4) is 0 Å². The molecule has 3 nitrogen and oxygen atoms in total. The molecule has 1 N–H and O–H groups in total. The molecule has 2 aromatic heterocycles. The van der Waals surface area contributed by atoms with Crippen molar-refractivity contribution in [3.05, 3.63) is 39.2 Å². The maximum absolute atomic E-state index is 10.9. The van der Waals surface area contributed by atoms with E-state index in [4.69, 9.17) is 0 Å². The van der Waals surface area contributed by atoms with Gasteiger partial charge in [-0.05, 0) is 15.9 Å². The predicted octanol–water partition coefficient (Wildman–Crippen LogP) is 1.39. The average molecular weight is 213 g/mol. The first-order valence-electron chi connectivity index (χ1n) is 3.13. The zero-order valence-corrected chi connectivity index (χ0v) is 7.13. The zero-order valence-electron chi connectivity index (χ0n) is 5.54. The molecule has 0 aliphatic heterocycles. The first-order chi connectivity index (χ1) is 5.27. The summed E-state index contributed by atoms with van der Waals surface area (Å²) in [6.07, 6.45) is 3.48. The van der Waals surface area contributed by atoms with E-state index in [0.717, 1.165) is 9.99 Å². The first-order valence-corrected chi connectivity index (χ1v) is 3.92. The Hall–Kier alpha value is -1.03. The third kappa shape index (κ3) is 0.991. The van der Waals surface area contributed by atoms with E-state index in [1.54, 1.807) is 23.0 Å². The maximum atomic E-state index is 10.9. The number of aromatic amines is 1. The van der Waals surface area contributed by atoms with Crippen LogP contribution in [-0.2, 0) is 0 Å². The van der Waals surface area contributed by atoms with Gasteiger partial charge < -0.3 is 5.10 Å². The van der Waals surface area contributed by atoms with Crippen LogP contribution in [0, 0.1) is 0 Å². The fraction of sp³-hybridized carbons (Fsp3) is 0. The Bertz CT molecular complexity index is 443. The van der Waals surface area contributed by atoms with Gasteiger partial charge in [-0.15, -0.1) is 0 Å². The standard InChI is InChI=1S/C7H5BrN2O/c8-6-4-9-10-2-1-5(11)3-7(6)10/h1-4,9H. The van der Waals surface area contributed by atoms with Gasteiger partial charge in [0.1, 0.15) is 0 Å². The molecule has 11 heavy (non-hydrogen) atoms. The van der Waals surface area contributed by atoms with Crippen molar-refractivity contribution in [3.8, 4) is 0 Å². The van der Waals surface area contributed by atoms with Gasteiger partial charge in [-0.2, -0.15) is 0 Å². The predicted molar refractivity (Wildman–Crippen MR) is 45.7 cm³/mol. The molecular weight excluding hydrogens is 208 g/mol. The number of hydrogen-bond acceptors (Lipinski definition) is 1. The lowest BCUT2D eigenvalue weighted by atomic mass is 10.4. The number of nitrogens with zero attached hydrogens (tertiary/aromatic N) is 1. The summed E-state index contributed by atoms with van der Waals surface area (Å²) in [5, 5.41) is 2.95. The molecule has 2 rings (SSSR count). The van der Waals surface area contributed by atoms with Crippen molar-refractivity contribution in [3.63, 3.8) is 0 Å². The number of pyridine rings is 1. The smallest absolute Gasteiger partial charge is 0.182 e. The van der Waals surface area contributed by atoms with Crippen LogP contribution in [0.15, 0.2) is 33.8 Å². The van der Waals surface area contributed by atoms with E-state index >= 15 is 0 Å². The van der Waals surface area contributed by atoms with Crippen molar-refractivity contribution in [1.82, 2.24) is 9.61 Å². The van der Waals surface area contributed by atoms with Gasteiger partial charge in [0.2, 0.25) is 0 Å². The van der Waals surface area contributed by atoms with Gasteiger partial charge in [0.25, 0.3) is 0 Å². The summed E-state index contributed by atoms with van der Waals surface area (Å²) < 4.78 is 2.67. The molecule has 4 heteroatoms.